The molecule has 0 saturated carbocycles. The monoisotopic (exact) mass is 197 g/mol. The molecule has 1 atom stereocenters. The van der Waals surface area contributed by atoms with Crippen LogP contribution >= 0.6 is 11.5 Å². The van der Waals surface area contributed by atoms with Gasteiger partial charge in [-0.2, -0.15) is 0 Å². The lowest BCUT2D eigenvalue weighted by molar-refractivity contribution is -0.141. The molecule has 0 amide bonds. The van der Waals surface area contributed by atoms with E-state index in [2.05, 4.69) is 4.37 Å². The Morgan fingerprint density at radius 3 is 3.08 bits per heavy atom. The van der Waals surface area contributed by atoms with E-state index in [1.165, 1.54) is 17.7 Å². The average molecular weight is 197 g/mol. The molecule has 1 aromatic heterocycles. The molecule has 1 N–H and O–H groups in total. The SMILES string of the molecule is O=C1CC(C(=O)O)Cc2sncc21. The lowest BCUT2D eigenvalue weighted by atomic mass is 9.88. The van der Waals surface area contributed by atoms with E-state index in [9.17, 15) is 9.59 Å². The molecule has 1 aliphatic rings. The van der Waals surface area contributed by atoms with E-state index in [4.69, 9.17) is 5.11 Å². The topological polar surface area (TPSA) is 67.3 Å². The van der Waals surface area contributed by atoms with Crippen molar-refractivity contribution in [1.82, 2.24) is 4.37 Å². The second-order valence-corrected chi connectivity index (χ2v) is 3.92. The molecule has 2 rings (SSSR count). The van der Waals surface area contributed by atoms with Gasteiger partial charge >= 0.3 is 5.97 Å². The summed E-state index contributed by atoms with van der Waals surface area (Å²) in [5.41, 5.74) is 0.613. The molecule has 0 saturated heterocycles. The van der Waals surface area contributed by atoms with Crippen LogP contribution in [0.1, 0.15) is 21.7 Å². The van der Waals surface area contributed by atoms with Gasteiger partial charge in [0.05, 0.1) is 17.7 Å². The first-order valence-electron chi connectivity index (χ1n) is 3.88. The van der Waals surface area contributed by atoms with Crippen LogP contribution in [-0.2, 0) is 11.2 Å². The summed E-state index contributed by atoms with van der Waals surface area (Å²) in [4.78, 5) is 22.8. The maximum Gasteiger partial charge on any atom is 0.307 e. The van der Waals surface area contributed by atoms with Gasteiger partial charge < -0.3 is 5.11 Å². The zero-order valence-electron chi connectivity index (χ0n) is 6.69. The zero-order valence-corrected chi connectivity index (χ0v) is 7.50. The quantitative estimate of drug-likeness (QED) is 0.728. The predicted octanol–water partition coefficient (Wildman–Crippen LogP) is 0.973. The molecule has 68 valence electrons. The Labute approximate surface area is 78.4 Å². The van der Waals surface area contributed by atoms with E-state index in [1.54, 1.807) is 0 Å². The molecule has 1 heterocycles. The van der Waals surface area contributed by atoms with E-state index in [0.717, 1.165) is 4.88 Å². The minimum absolute atomic E-state index is 0.0950. The minimum Gasteiger partial charge on any atom is -0.481 e. The molecule has 0 aliphatic heterocycles. The molecule has 5 heteroatoms. The molecule has 0 radical (unpaired) electrons. The average Bonchev–Trinajstić information content (AvgIpc) is 2.51. The summed E-state index contributed by atoms with van der Waals surface area (Å²) in [5.74, 6) is -1.55. The van der Waals surface area contributed by atoms with Crippen molar-refractivity contribution in [1.29, 1.82) is 0 Å². The number of nitrogens with zero attached hydrogens (tertiary/aromatic N) is 1. The Balaban J connectivity index is 2.34. The first kappa shape index (κ1) is 8.37. The molecular formula is C8H7NO3S. The number of fused-ring (bicyclic) bond motifs is 1. The van der Waals surface area contributed by atoms with Crippen molar-refractivity contribution in [2.24, 2.45) is 5.92 Å². The van der Waals surface area contributed by atoms with Gasteiger partial charge in [0, 0.05) is 11.3 Å². The normalized spacial score (nSPS) is 21.2. The molecular weight excluding hydrogens is 190 g/mol. The highest BCUT2D eigenvalue weighted by Gasteiger charge is 2.30. The number of aromatic nitrogens is 1. The van der Waals surface area contributed by atoms with Gasteiger partial charge in [-0.15, -0.1) is 0 Å². The summed E-state index contributed by atoms with van der Waals surface area (Å²) < 4.78 is 3.88. The van der Waals surface area contributed by atoms with Gasteiger partial charge in [0.1, 0.15) is 0 Å². The van der Waals surface area contributed by atoms with Crippen molar-refractivity contribution in [3.05, 3.63) is 16.6 Å². The maximum absolute atomic E-state index is 11.4. The molecule has 1 unspecified atom stereocenters. The summed E-state index contributed by atoms with van der Waals surface area (Å²) in [6.45, 7) is 0. The number of carboxylic acid groups (broad SMARTS) is 1. The Morgan fingerprint density at radius 2 is 2.38 bits per heavy atom. The first-order valence-corrected chi connectivity index (χ1v) is 4.65. The zero-order chi connectivity index (χ0) is 9.42. The van der Waals surface area contributed by atoms with Crippen LogP contribution in [0.2, 0.25) is 0 Å². The summed E-state index contributed by atoms with van der Waals surface area (Å²) in [5, 5.41) is 8.75. The number of carbonyl (C=O) groups excluding carboxylic acids is 1. The van der Waals surface area contributed by atoms with Gasteiger partial charge in [0.15, 0.2) is 5.78 Å². The summed E-state index contributed by atoms with van der Waals surface area (Å²) in [6, 6.07) is 0. The molecule has 0 aromatic carbocycles. The molecule has 4 nitrogen and oxygen atoms in total. The molecule has 13 heavy (non-hydrogen) atoms. The Morgan fingerprint density at radius 1 is 1.62 bits per heavy atom. The second-order valence-electron chi connectivity index (χ2n) is 3.03. The van der Waals surface area contributed by atoms with E-state index < -0.39 is 11.9 Å². The van der Waals surface area contributed by atoms with Crippen molar-refractivity contribution < 1.29 is 14.7 Å². The Hall–Kier alpha value is -1.23. The number of hydrogen-bond acceptors (Lipinski definition) is 4. The van der Waals surface area contributed by atoms with E-state index in [-0.39, 0.29) is 12.2 Å². The molecule has 0 spiro atoms. The molecule has 0 bridgehead atoms. The fourth-order valence-electron chi connectivity index (χ4n) is 1.44. The highest BCUT2D eigenvalue weighted by molar-refractivity contribution is 7.06. The van der Waals surface area contributed by atoms with Gasteiger partial charge in [0.25, 0.3) is 0 Å². The fraction of sp³-hybridized carbons (Fsp3) is 0.375. The third-order valence-corrected chi connectivity index (χ3v) is 2.98. The van der Waals surface area contributed by atoms with Crippen LogP contribution in [0.25, 0.3) is 0 Å². The van der Waals surface area contributed by atoms with Crippen LogP contribution < -0.4 is 0 Å². The van der Waals surface area contributed by atoms with Crippen molar-refractivity contribution in [2.75, 3.05) is 0 Å². The second kappa shape index (κ2) is 2.92. The summed E-state index contributed by atoms with van der Waals surface area (Å²) in [6.07, 6.45) is 2.09. The van der Waals surface area contributed by atoms with Crippen LogP contribution in [0.15, 0.2) is 6.20 Å². The van der Waals surface area contributed by atoms with Crippen molar-refractivity contribution >= 4 is 23.3 Å². The van der Waals surface area contributed by atoms with Crippen LogP contribution in [0.3, 0.4) is 0 Å². The van der Waals surface area contributed by atoms with Crippen molar-refractivity contribution in [3.8, 4) is 0 Å². The number of hydrogen-bond donors (Lipinski definition) is 1. The number of carboxylic acids is 1. The first-order chi connectivity index (χ1) is 6.18. The molecule has 1 aromatic rings. The van der Waals surface area contributed by atoms with E-state index >= 15 is 0 Å². The number of ketones is 1. The Bertz CT molecular complexity index is 371. The van der Waals surface area contributed by atoms with Crippen molar-refractivity contribution in [3.63, 3.8) is 0 Å². The van der Waals surface area contributed by atoms with Crippen LogP contribution in [0, 0.1) is 5.92 Å². The predicted molar refractivity (Wildman–Crippen MR) is 45.9 cm³/mol. The minimum atomic E-state index is -0.896. The summed E-state index contributed by atoms with van der Waals surface area (Å²) >= 11 is 1.22. The van der Waals surface area contributed by atoms with Crippen molar-refractivity contribution in [2.45, 2.75) is 12.8 Å². The smallest absolute Gasteiger partial charge is 0.307 e. The van der Waals surface area contributed by atoms with E-state index in [0.29, 0.717) is 12.0 Å². The maximum atomic E-state index is 11.4. The van der Waals surface area contributed by atoms with E-state index in [1.807, 2.05) is 0 Å². The lowest BCUT2D eigenvalue weighted by Gasteiger charge is -2.15. The van der Waals surface area contributed by atoms with Crippen LogP contribution in [-0.4, -0.2) is 21.2 Å². The number of carbonyl (C=O) groups is 2. The number of Topliss-reactive ketones (excluding diaryl/α,β-unsaturated/α-hetero) is 1. The van der Waals surface area contributed by atoms with Crippen LogP contribution in [0.5, 0.6) is 0 Å². The highest BCUT2D eigenvalue weighted by atomic mass is 32.1. The number of aliphatic carboxylic acids is 1. The summed E-state index contributed by atoms with van der Waals surface area (Å²) in [7, 11) is 0. The third-order valence-electron chi connectivity index (χ3n) is 2.16. The number of rotatable bonds is 1. The fourth-order valence-corrected chi connectivity index (χ4v) is 2.27. The standard InChI is InChI=1S/C8H7NO3S/c10-6-1-4(8(11)12)2-7-5(6)3-9-13-7/h3-4H,1-2H2,(H,11,12). The Kier molecular flexibility index (Phi) is 1.88. The van der Waals surface area contributed by atoms with Gasteiger partial charge in [0.2, 0.25) is 0 Å². The highest BCUT2D eigenvalue weighted by Crippen LogP contribution is 2.27. The van der Waals surface area contributed by atoms with Crippen LogP contribution in [0.4, 0.5) is 0 Å². The largest absolute Gasteiger partial charge is 0.481 e. The van der Waals surface area contributed by atoms with Gasteiger partial charge in [-0.25, -0.2) is 4.37 Å². The molecule has 1 aliphatic carbocycles. The third kappa shape index (κ3) is 1.35. The molecule has 0 fully saturated rings. The van der Waals surface area contributed by atoms with Gasteiger partial charge in [-0.1, -0.05) is 0 Å². The van der Waals surface area contributed by atoms with Gasteiger partial charge in [-0.05, 0) is 18.0 Å². The van der Waals surface area contributed by atoms with Gasteiger partial charge in [-0.3, -0.25) is 9.59 Å². The lowest BCUT2D eigenvalue weighted by Crippen LogP contribution is -2.24.